The quantitative estimate of drug-likeness (QED) is 0.453. The number of aldehydes is 1. The number of hydrogen-bond donors (Lipinski definition) is 1. The second kappa shape index (κ2) is 4.96. The van der Waals surface area contributed by atoms with Crippen LogP contribution < -0.4 is 0 Å². The number of aliphatic hydroxyl groups is 1. The smallest absolute Gasteiger partial charge is 0.145 e. The second-order valence-corrected chi connectivity index (χ2v) is 5.37. The standard InChI is InChI=1S/C14H22O2/c1-10(9-15)5-6-12-11(2)13(16)7-8-14(12,3)4/h5,9,13,16H,6-8H2,1-4H3. The molecule has 1 rings (SSSR count). The summed E-state index contributed by atoms with van der Waals surface area (Å²) in [6.07, 6.45) is 5.16. The summed E-state index contributed by atoms with van der Waals surface area (Å²) in [6.45, 7) is 8.24. The van der Waals surface area contributed by atoms with Crippen molar-refractivity contribution in [3.63, 3.8) is 0 Å². The first-order chi connectivity index (χ1) is 7.38. The molecule has 90 valence electrons. The van der Waals surface area contributed by atoms with Gasteiger partial charge in [-0.25, -0.2) is 0 Å². The molecule has 0 aliphatic heterocycles. The minimum atomic E-state index is -0.298. The van der Waals surface area contributed by atoms with Crippen molar-refractivity contribution in [2.75, 3.05) is 0 Å². The van der Waals surface area contributed by atoms with E-state index in [9.17, 15) is 9.90 Å². The van der Waals surface area contributed by atoms with Crippen molar-refractivity contribution in [3.05, 3.63) is 22.8 Å². The molecule has 0 saturated heterocycles. The van der Waals surface area contributed by atoms with Gasteiger partial charge in [-0.1, -0.05) is 25.5 Å². The predicted molar refractivity (Wildman–Crippen MR) is 66.2 cm³/mol. The van der Waals surface area contributed by atoms with Crippen molar-refractivity contribution >= 4 is 6.29 Å². The van der Waals surface area contributed by atoms with Gasteiger partial charge in [0.25, 0.3) is 0 Å². The zero-order chi connectivity index (χ0) is 12.3. The average Bonchev–Trinajstić information content (AvgIpc) is 2.23. The van der Waals surface area contributed by atoms with Gasteiger partial charge in [0.2, 0.25) is 0 Å². The van der Waals surface area contributed by atoms with Gasteiger partial charge in [0.05, 0.1) is 6.10 Å². The van der Waals surface area contributed by atoms with Gasteiger partial charge in [0, 0.05) is 0 Å². The normalized spacial score (nSPS) is 25.8. The Bertz CT molecular complexity index is 335. The Morgan fingerprint density at radius 3 is 2.75 bits per heavy atom. The molecular weight excluding hydrogens is 200 g/mol. The molecule has 0 amide bonds. The van der Waals surface area contributed by atoms with Crippen LogP contribution in [0.4, 0.5) is 0 Å². The maximum atomic E-state index is 10.6. The highest BCUT2D eigenvalue weighted by Crippen LogP contribution is 2.42. The number of aliphatic hydroxyl groups excluding tert-OH is 1. The lowest BCUT2D eigenvalue weighted by Crippen LogP contribution is -2.27. The summed E-state index contributed by atoms with van der Waals surface area (Å²) in [6, 6.07) is 0. The molecule has 1 aliphatic carbocycles. The number of carbonyl (C=O) groups excluding carboxylic acids is 1. The van der Waals surface area contributed by atoms with Crippen LogP contribution in [0.25, 0.3) is 0 Å². The summed E-state index contributed by atoms with van der Waals surface area (Å²) in [5.74, 6) is 0. The van der Waals surface area contributed by atoms with Crippen LogP contribution in [0.3, 0.4) is 0 Å². The summed E-state index contributed by atoms with van der Waals surface area (Å²) >= 11 is 0. The van der Waals surface area contributed by atoms with E-state index in [1.54, 1.807) is 0 Å². The van der Waals surface area contributed by atoms with E-state index >= 15 is 0 Å². The number of carbonyl (C=O) groups is 1. The van der Waals surface area contributed by atoms with Gasteiger partial charge < -0.3 is 5.11 Å². The molecule has 0 fully saturated rings. The summed E-state index contributed by atoms with van der Waals surface area (Å²) in [5, 5.41) is 9.85. The van der Waals surface area contributed by atoms with E-state index in [1.807, 2.05) is 19.9 Å². The van der Waals surface area contributed by atoms with E-state index < -0.39 is 0 Å². The van der Waals surface area contributed by atoms with Crippen LogP contribution in [-0.4, -0.2) is 17.5 Å². The van der Waals surface area contributed by atoms with Crippen LogP contribution in [0.15, 0.2) is 22.8 Å². The minimum Gasteiger partial charge on any atom is -0.389 e. The van der Waals surface area contributed by atoms with E-state index in [2.05, 4.69) is 13.8 Å². The number of hydrogen-bond acceptors (Lipinski definition) is 2. The fourth-order valence-corrected chi connectivity index (χ4v) is 2.35. The molecule has 0 aromatic carbocycles. The Morgan fingerprint density at radius 2 is 2.19 bits per heavy atom. The topological polar surface area (TPSA) is 37.3 Å². The first kappa shape index (κ1) is 13.2. The molecule has 1 unspecified atom stereocenters. The molecule has 0 bridgehead atoms. The van der Waals surface area contributed by atoms with Crippen LogP contribution in [0.2, 0.25) is 0 Å². The fourth-order valence-electron chi connectivity index (χ4n) is 2.35. The minimum absolute atomic E-state index is 0.142. The molecule has 16 heavy (non-hydrogen) atoms. The average molecular weight is 222 g/mol. The maximum Gasteiger partial charge on any atom is 0.145 e. The van der Waals surface area contributed by atoms with Crippen molar-refractivity contribution in [2.24, 2.45) is 5.41 Å². The van der Waals surface area contributed by atoms with Crippen molar-refractivity contribution in [3.8, 4) is 0 Å². The zero-order valence-electron chi connectivity index (χ0n) is 10.7. The van der Waals surface area contributed by atoms with Gasteiger partial charge in [0.1, 0.15) is 6.29 Å². The van der Waals surface area contributed by atoms with Crippen LogP contribution in [0, 0.1) is 5.41 Å². The molecule has 0 aromatic rings. The van der Waals surface area contributed by atoms with Crippen molar-refractivity contribution < 1.29 is 9.90 Å². The van der Waals surface area contributed by atoms with Gasteiger partial charge in [-0.15, -0.1) is 0 Å². The van der Waals surface area contributed by atoms with E-state index in [1.165, 1.54) is 5.57 Å². The summed E-state index contributed by atoms with van der Waals surface area (Å²) in [7, 11) is 0. The molecule has 0 heterocycles. The van der Waals surface area contributed by atoms with Crippen molar-refractivity contribution in [1.29, 1.82) is 0 Å². The zero-order valence-corrected chi connectivity index (χ0v) is 10.7. The largest absolute Gasteiger partial charge is 0.389 e. The van der Waals surface area contributed by atoms with Crippen molar-refractivity contribution in [1.82, 2.24) is 0 Å². The summed E-state index contributed by atoms with van der Waals surface area (Å²) in [4.78, 5) is 10.6. The Kier molecular flexibility index (Phi) is 4.09. The van der Waals surface area contributed by atoms with Crippen LogP contribution in [-0.2, 0) is 4.79 Å². The Hall–Kier alpha value is -0.890. The lowest BCUT2D eigenvalue weighted by molar-refractivity contribution is -0.104. The van der Waals surface area contributed by atoms with E-state index in [-0.39, 0.29) is 11.5 Å². The van der Waals surface area contributed by atoms with Crippen molar-refractivity contribution in [2.45, 2.75) is 53.1 Å². The third-order valence-corrected chi connectivity index (χ3v) is 3.65. The highest BCUT2D eigenvalue weighted by atomic mass is 16.3. The van der Waals surface area contributed by atoms with Gasteiger partial charge in [-0.05, 0) is 49.7 Å². The molecule has 0 aromatic heterocycles. The van der Waals surface area contributed by atoms with E-state index in [0.29, 0.717) is 0 Å². The predicted octanol–water partition coefficient (Wildman–Crippen LogP) is 3.02. The first-order valence-electron chi connectivity index (χ1n) is 5.88. The van der Waals surface area contributed by atoms with Crippen LogP contribution in [0.1, 0.15) is 47.0 Å². The summed E-state index contributed by atoms with van der Waals surface area (Å²) < 4.78 is 0. The molecule has 1 N–H and O–H groups in total. The second-order valence-electron chi connectivity index (χ2n) is 5.37. The SMILES string of the molecule is CC(C=O)=CCC1=C(C)C(O)CCC1(C)C. The molecular formula is C14H22O2. The molecule has 1 atom stereocenters. The molecule has 0 saturated carbocycles. The van der Waals surface area contributed by atoms with Gasteiger partial charge in [-0.3, -0.25) is 4.79 Å². The van der Waals surface area contributed by atoms with Gasteiger partial charge in [0.15, 0.2) is 0 Å². The highest BCUT2D eigenvalue weighted by Gasteiger charge is 2.31. The van der Waals surface area contributed by atoms with Crippen LogP contribution in [0.5, 0.6) is 0 Å². The maximum absolute atomic E-state index is 10.6. The molecule has 1 aliphatic rings. The third-order valence-electron chi connectivity index (χ3n) is 3.65. The van der Waals surface area contributed by atoms with Gasteiger partial charge >= 0.3 is 0 Å². The van der Waals surface area contributed by atoms with Crippen LogP contribution >= 0.6 is 0 Å². The lowest BCUT2D eigenvalue weighted by Gasteiger charge is -2.36. The summed E-state index contributed by atoms with van der Waals surface area (Å²) in [5.41, 5.74) is 3.28. The monoisotopic (exact) mass is 222 g/mol. The number of rotatable bonds is 3. The molecule has 2 heteroatoms. The van der Waals surface area contributed by atoms with E-state index in [0.717, 1.165) is 36.7 Å². The fraction of sp³-hybridized carbons (Fsp3) is 0.643. The van der Waals surface area contributed by atoms with Gasteiger partial charge in [-0.2, -0.15) is 0 Å². The lowest BCUT2D eigenvalue weighted by atomic mass is 9.70. The molecule has 2 nitrogen and oxygen atoms in total. The highest BCUT2D eigenvalue weighted by molar-refractivity contribution is 5.72. The first-order valence-corrected chi connectivity index (χ1v) is 5.88. The van der Waals surface area contributed by atoms with E-state index in [4.69, 9.17) is 0 Å². The molecule has 0 radical (unpaired) electrons. The number of allylic oxidation sites excluding steroid dienone is 3. The third kappa shape index (κ3) is 2.82. The Labute approximate surface area is 98.1 Å². The Balaban J connectivity index is 2.96. The Morgan fingerprint density at radius 1 is 1.56 bits per heavy atom. The molecule has 0 spiro atoms.